The van der Waals surface area contributed by atoms with Gasteiger partial charge in [0, 0.05) is 24.3 Å². The highest BCUT2D eigenvalue weighted by Crippen LogP contribution is 2.18. The number of urea groups is 1. The van der Waals surface area contributed by atoms with E-state index in [1.165, 1.54) is 0 Å². The van der Waals surface area contributed by atoms with E-state index in [0.717, 1.165) is 5.56 Å². The lowest BCUT2D eigenvalue weighted by molar-refractivity contribution is 0.0428. The van der Waals surface area contributed by atoms with E-state index in [4.69, 9.17) is 4.74 Å². The summed E-state index contributed by atoms with van der Waals surface area (Å²) in [7, 11) is 0. The molecular weight excluding hydrogens is 334 g/mol. The molecule has 2 aromatic rings. The number of phenolic OH excluding ortho intramolecular Hbond substituents is 1. The number of aliphatic hydroxyl groups is 1. The van der Waals surface area contributed by atoms with Gasteiger partial charge in [-0.05, 0) is 18.2 Å². The Morgan fingerprint density at radius 3 is 2.62 bits per heavy atom. The summed E-state index contributed by atoms with van der Waals surface area (Å²) in [4.78, 5) is 11.9. The van der Waals surface area contributed by atoms with Gasteiger partial charge >= 0.3 is 6.03 Å². The van der Waals surface area contributed by atoms with Crippen molar-refractivity contribution in [2.24, 2.45) is 0 Å². The minimum atomic E-state index is -0.752. The largest absolute Gasteiger partial charge is 0.508 e. The van der Waals surface area contributed by atoms with Gasteiger partial charge in [-0.15, -0.1) is 0 Å². The Kier molecular flexibility index (Phi) is 6.06. The van der Waals surface area contributed by atoms with Gasteiger partial charge in [0.1, 0.15) is 11.9 Å². The standard InChI is InChI=1S/C19H23N3O4/c23-16-9-5-4-6-13(16)10-20-15-12-26-17(18(15)24)11-21-19(25)22-14-7-2-1-3-8-14/h1-9,15,17-18,20,23-24H,10-12H2,(H2,21,22,25). The zero-order chi connectivity index (χ0) is 18.4. The number of hydrogen-bond acceptors (Lipinski definition) is 5. The van der Waals surface area contributed by atoms with E-state index < -0.39 is 12.2 Å². The molecule has 3 atom stereocenters. The van der Waals surface area contributed by atoms with Crippen LogP contribution in [-0.4, -0.2) is 47.6 Å². The number of anilines is 1. The van der Waals surface area contributed by atoms with Crippen LogP contribution in [0.15, 0.2) is 54.6 Å². The molecule has 2 amide bonds. The molecule has 1 aliphatic heterocycles. The van der Waals surface area contributed by atoms with Gasteiger partial charge in [0.25, 0.3) is 0 Å². The van der Waals surface area contributed by atoms with E-state index in [1.54, 1.807) is 24.3 Å². The molecule has 0 bridgehead atoms. The van der Waals surface area contributed by atoms with Crippen LogP contribution in [0.25, 0.3) is 0 Å². The van der Waals surface area contributed by atoms with Crippen molar-refractivity contribution in [2.75, 3.05) is 18.5 Å². The lowest BCUT2D eigenvalue weighted by Gasteiger charge is -2.19. The molecule has 1 aliphatic rings. The normalized spacial score (nSPS) is 22.1. The Bertz CT molecular complexity index is 726. The van der Waals surface area contributed by atoms with Crippen LogP contribution in [0.2, 0.25) is 0 Å². The summed E-state index contributed by atoms with van der Waals surface area (Å²) in [6.45, 7) is 0.961. The Morgan fingerprint density at radius 1 is 1.12 bits per heavy atom. The number of hydrogen-bond donors (Lipinski definition) is 5. The van der Waals surface area contributed by atoms with Gasteiger partial charge in [0.2, 0.25) is 0 Å². The summed E-state index contributed by atoms with van der Waals surface area (Å²) in [5.74, 6) is 0.212. The van der Waals surface area contributed by atoms with Crippen LogP contribution in [-0.2, 0) is 11.3 Å². The number of phenols is 1. The van der Waals surface area contributed by atoms with Crippen molar-refractivity contribution < 1.29 is 19.7 Å². The number of carbonyl (C=O) groups is 1. The molecule has 1 heterocycles. The van der Waals surface area contributed by atoms with E-state index in [2.05, 4.69) is 16.0 Å². The van der Waals surface area contributed by atoms with Crippen LogP contribution in [0.3, 0.4) is 0 Å². The summed E-state index contributed by atoms with van der Waals surface area (Å²) < 4.78 is 5.58. The van der Waals surface area contributed by atoms with Crippen molar-refractivity contribution in [1.29, 1.82) is 0 Å². The number of carbonyl (C=O) groups excluding carboxylic acids is 1. The first-order valence-corrected chi connectivity index (χ1v) is 8.53. The van der Waals surface area contributed by atoms with Crippen LogP contribution in [0.1, 0.15) is 5.56 Å². The monoisotopic (exact) mass is 357 g/mol. The van der Waals surface area contributed by atoms with Gasteiger partial charge in [-0.25, -0.2) is 4.79 Å². The molecule has 7 nitrogen and oxygen atoms in total. The molecular formula is C19H23N3O4. The lowest BCUT2D eigenvalue weighted by Crippen LogP contribution is -2.45. The predicted octanol–water partition coefficient (Wildman–Crippen LogP) is 1.43. The number of rotatable bonds is 6. The molecule has 0 aliphatic carbocycles. The molecule has 0 spiro atoms. The smallest absolute Gasteiger partial charge is 0.319 e. The highest BCUT2D eigenvalue weighted by Gasteiger charge is 2.35. The second-order valence-electron chi connectivity index (χ2n) is 6.18. The number of aliphatic hydroxyl groups excluding tert-OH is 1. The van der Waals surface area contributed by atoms with Gasteiger partial charge in [-0.2, -0.15) is 0 Å². The Labute approximate surface area is 152 Å². The van der Waals surface area contributed by atoms with Gasteiger partial charge in [0.15, 0.2) is 0 Å². The van der Waals surface area contributed by atoms with Crippen molar-refractivity contribution in [3.63, 3.8) is 0 Å². The topological polar surface area (TPSA) is 103 Å². The van der Waals surface area contributed by atoms with E-state index in [0.29, 0.717) is 18.8 Å². The third-order valence-corrected chi connectivity index (χ3v) is 4.32. The average molecular weight is 357 g/mol. The average Bonchev–Trinajstić information content (AvgIpc) is 3.00. The predicted molar refractivity (Wildman–Crippen MR) is 97.9 cm³/mol. The molecule has 2 aromatic carbocycles. The first-order chi connectivity index (χ1) is 12.6. The molecule has 0 saturated carbocycles. The zero-order valence-corrected chi connectivity index (χ0v) is 14.3. The lowest BCUT2D eigenvalue weighted by atomic mass is 10.1. The maximum atomic E-state index is 11.9. The van der Waals surface area contributed by atoms with Crippen molar-refractivity contribution >= 4 is 11.7 Å². The maximum absolute atomic E-state index is 11.9. The van der Waals surface area contributed by atoms with Gasteiger partial charge in [0.05, 0.1) is 18.8 Å². The first-order valence-electron chi connectivity index (χ1n) is 8.53. The third kappa shape index (κ3) is 4.72. The second kappa shape index (κ2) is 8.66. The van der Waals surface area contributed by atoms with Crippen LogP contribution in [0.4, 0.5) is 10.5 Å². The molecule has 7 heteroatoms. The molecule has 0 aromatic heterocycles. The fraction of sp³-hybridized carbons (Fsp3) is 0.316. The molecule has 1 fully saturated rings. The van der Waals surface area contributed by atoms with Crippen LogP contribution < -0.4 is 16.0 Å². The maximum Gasteiger partial charge on any atom is 0.319 e. The number of benzene rings is 2. The fourth-order valence-electron chi connectivity index (χ4n) is 2.83. The highest BCUT2D eigenvalue weighted by atomic mass is 16.5. The molecule has 1 saturated heterocycles. The summed E-state index contributed by atoms with van der Waals surface area (Å²) in [6.07, 6.45) is -1.24. The van der Waals surface area contributed by atoms with E-state index in [9.17, 15) is 15.0 Å². The summed E-state index contributed by atoms with van der Waals surface area (Å²) in [5, 5.41) is 28.8. The van der Waals surface area contributed by atoms with Crippen molar-refractivity contribution in [3.8, 4) is 5.75 Å². The summed E-state index contributed by atoms with van der Waals surface area (Å²) in [5.41, 5.74) is 1.45. The summed E-state index contributed by atoms with van der Waals surface area (Å²) in [6, 6.07) is 15.5. The van der Waals surface area contributed by atoms with E-state index in [1.807, 2.05) is 30.3 Å². The number of amides is 2. The second-order valence-corrected chi connectivity index (χ2v) is 6.18. The summed E-state index contributed by atoms with van der Waals surface area (Å²) >= 11 is 0. The molecule has 3 unspecified atom stereocenters. The van der Waals surface area contributed by atoms with Crippen molar-refractivity contribution in [3.05, 3.63) is 60.2 Å². The number of nitrogens with one attached hydrogen (secondary N) is 3. The molecule has 5 N–H and O–H groups in total. The Hall–Kier alpha value is -2.61. The number of ether oxygens (including phenoxy) is 1. The van der Waals surface area contributed by atoms with Crippen LogP contribution in [0, 0.1) is 0 Å². The molecule has 138 valence electrons. The Morgan fingerprint density at radius 2 is 1.85 bits per heavy atom. The fourth-order valence-corrected chi connectivity index (χ4v) is 2.83. The zero-order valence-electron chi connectivity index (χ0n) is 14.3. The molecule has 0 radical (unpaired) electrons. The molecule has 26 heavy (non-hydrogen) atoms. The Balaban J connectivity index is 1.43. The minimum absolute atomic E-state index is 0.203. The first kappa shape index (κ1) is 18.2. The molecule has 3 rings (SSSR count). The van der Waals surface area contributed by atoms with Crippen LogP contribution >= 0.6 is 0 Å². The quantitative estimate of drug-likeness (QED) is 0.538. The van der Waals surface area contributed by atoms with Crippen LogP contribution in [0.5, 0.6) is 5.75 Å². The van der Waals surface area contributed by atoms with E-state index >= 15 is 0 Å². The number of para-hydroxylation sites is 2. The van der Waals surface area contributed by atoms with Crippen molar-refractivity contribution in [1.82, 2.24) is 10.6 Å². The third-order valence-electron chi connectivity index (χ3n) is 4.32. The van der Waals surface area contributed by atoms with Gasteiger partial charge in [-0.1, -0.05) is 36.4 Å². The van der Waals surface area contributed by atoms with Gasteiger partial charge < -0.3 is 30.9 Å². The SMILES string of the molecule is O=C(NCC1OCC(NCc2ccccc2O)C1O)Nc1ccccc1. The number of aromatic hydroxyl groups is 1. The minimum Gasteiger partial charge on any atom is -0.508 e. The van der Waals surface area contributed by atoms with Gasteiger partial charge in [-0.3, -0.25) is 0 Å². The van der Waals surface area contributed by atoms with E-state index in [-0.39, 0.29) is 24.4 Å². The van der Waals surface area contributed by atoms with Crippen molar-refractivity contribution in [2.45, 2.75) is 24.8 Å². The highest BCUT2D eigenvalue weighted by molar-refractivity contribution is 5.89.